The maximum Gasteiger partial charge on any atom is 0.255 e. The molecule has 1 aliphatic rings. The van der Waals surface area contributed by atoms with E-state index in [1.165, 1.54) is 0 Å². The Kier molecular flexibility index (Phi) is 3.41. The Morgan fingerprint density at radius 2 is 1.95 bits per heavy atom. The van der Waals surface area contributed by atoms with Crippen molar-refractivity contribution >= 4 is 34.8 Å². The number of fused-ring (bicyclic) bond motifs is 1. The fourth-order valence-electron chi connectivity index (χ4n) is 2.48. The summed E-state index contributed by atoms with van der Waals surface area (Å²) in [6.45, 7) is 3.72. The van der Waals surface area contributed by atoms with E-state index in [4.69, 9.17) is 11.6 Å². The topological polar surface area (TPSA) is 58.2 Å². The first-order valence-corrected chi connectivity index (χ1v) is 7.28. The van der Waals surface area contributed by atoms with Crippen LogP contribution in [0.5, 0.6) is 0 Å². The summed E-state index contributed by atoms with van der Waals surface area (Å²) in [7, 11) is 0. The standard InChI is InChI=1S/C17H15ClN2O2/c1-17(2)13-9-12(6-7-14(13)20-16(17)22)19-15(21)10-4-3-5-11(18)8-10/h3-9H,1-2H3,(H,19,21)(H,20,22). The predicted molar refractivity (Wildman–Crippen MR) is 87.5 cm³/mol. The summed E-state index contributed by atoms with van der Waals surface area (Å²) in [6.07, 6.45) is 0. The largest absolute Gasteiger partial charge is 0.325 e. The van der Waals surface area contributed by atoms with Crippen LogP contribution < -0.4 is 10.6 Å². The number of amides is 2. The number of carbonyl (C=O) groups excluding carboxylic acids is 2. The van der Waals surface area contributed by atoms with Crippen LogP contribution in [0.2, 0.25) is 5.02 Å². The van der Waals surface area contributed by atoms with Crippen LogP contribution in [-0.2, 0) is 10.2 Å². The van der Waals surface area contributed by atoms with E-state index in [0.717, 1.165) is 11.3 Å². The van der Waals surface area contributed by atoms with Crippen molar-refractivity contribution in [2.45, 2.75) is 19.3 Å². The molecule has 4 nitrogen and oxygen atoms in total. The Bertz CT molecular complexity index is 784. The molecule has 0 aromatic heterocycles. The number of hydrogen-bond donors (Lipinski definition) is 2. The summed E-state index contributed by atoms with van der Waals surface area (Å²) < 4.78 is 0. The van der Waals surface area contributed by atoms with Gasteiger partial charge < -0.3 is 10.6 Å². The molecule has 5 heteroatoms. The quantitative estimate of drug-likeness (QED) is 0.885. The summed E-state index contributed by atoms with van der Waals surface area (Å²) in [5.41, 5.74) is 2.19. The van der Waals surface area contributed by atoms with Crippen molar-refractivity contribution in [1.82, 2.24) is 0 Å². The highest BCUT2D eigenvalue weighted by Gasteiger charge is 2.38. The molecule has 0 unspecified atom stereocenters. The molecule has 0 saturated carbocycles. The van der Waals surface area contributed by atoms with Gasteiger partial charge in [0.25, 0.3) is 5.91 Å². The summed E-state index contributed by atoms with van der Waals surface area (Å²) in [5, 5.41) is 6.18. The third-order valence-electron chi connectivity index (χ3n) is 3.85. The maximum absolute atomic E-state index is 12.2. The van der Waals surface area contributed by atoms with E-state index in [1.54, 1.807) is 36.4 Å². The summed E-state index contributed by atoms with van der Waals surface area (Å²) >= 11 is 5.90. The molecule has 0 atom stereocenters. The zero-order valence-corrected chi connectivity index (χ0v) is 13.0. The van der Waals surface area contributed by atoms with Crippen LogP contribution in [-0.4, -0.2) is 11.8 Å². The van der Waals surface area contributed by atoms with Gasteiger partial charge >= 0.3 is 0 Å². The highest BCUT2D eigenvalue weighted by Crippen LogP contribution is 2.38. The second-order valence-corrected chi connectivity index (χ2v) is 6.24. The summed E-state index contributed by atoms with van der Waals surface area (Å²) in [5.74, 6) is -0.279. The molecule has 0 aliphatic carbocycles. The van der Waals surface area contributed by atoms with E-state index in [2.05, 4.69) is 10.6 Å². The lowest BCUT2D eigenvalue weighted by Gasteiger charge is -2.16. The molecule has 0 bridgehead atoms. The predicted octanol–water partition coefficient (Wildman–Crippen LogP) is 3.82. The molecule has 0 radical (unpaired) electrons. The molecule has 1 aliphatic heterocycles. The molecule has 22 heavy (non-hydrogen) atoms. The van der Waals surface area contributed by atoms with E-state index in [1.807, 2.05) is 19.9 Å². The SMILES string of the molecule is CC1(C)C(=O)Nc2ccc(NC(=O)c3cccc(Cl)c3)cc21. The zero-order valence-electron chi connectivity index (χ0n) is 12.2. The molecule has 2 amide bonds. The number of carbonyl (C=O) groups is 2. The molecule has 0 saturated heterocycles. The number of nitrogens with one attached hydrogen (secondary N) is 2. The number of anilines is 2. The highest BCUT2D eigenvalue weighted by atomic mass is 35.5. The average molecular weight is 315 g/mol. The lowest BCUT2D eigenvalue weighted by Crippen LogP contribution is -2.26. The number of rotatable bonds is 2. The zero-order chi connectivity index (χ0) is 15.9. The van der Waals surface area contributed by atoms with Crippen molar-refractivity contribution in [3.8, 4) is 0 Å². The van der Waals surface area contributed by atoms with E-state index in [0.29, 0.717) is 16.3 Å². The first kappa shape index (κ1) is 14.6. The van der Waals surface area contributed by atoms with Crippen LogP contribution in [0.4, 0.5) is 11.4 Å². The van der Waals surface area contributed by atoms with Gasteiger partial charge in [-0.25, -0.2) is 0 Å². The summed E-state index contributed by atoms with van der Waals surface area (Å²) in [6, 6.07) is 12.1. The lowest BCUT2D eigenvalue weighted by atomic mass is 9.86. The fraction of sp³-hybridized carbons (Fsp3) is 0.176. The Morgan fingerprint density at radius 3 is 2.68 bits per heavy atom. The molecular formula is C17H15ClN2O2. The number of benzene rings is 2. The molecule has 2 aromatic rings. The van der Waals surface area contributed by atoms with Crippen LogP contribution in [0.3, 0.4) is 0 Å². The molecule has 3 rings (SSSR count). The minimum atomic E-state index is -0.605. The molecule has 0 spiro atoms. The van der Waals surface area contributed by atoms with Gasteiger partial charge in [-0.15, -0.1) is 0 Å². The van der Waals surface area contributed by atoms with E-state index in [-0.39, 0.29) is 11.8 Å². The van der Waals surface area contributed by atoms with E-state index < -0.39 is 5.41 Å². The van der Waals surface area contributed by atoms with Gasteiger partial charge in [-0.2, -0.15) is 0 Å². The molecular weight excluding hydrogens is 300 g/mol. The molecule has 2 aromatic carbocycles. The van der Waals surface area contributed by atoms with Crippen molar-refractivity contribution in [1.29, 1.82) is 0 Å². The minimum Gasteiger partial charge on any atom is -0.325 e. The maximum atomic E-state index is 12.2. The molecule has 112 valence electrons. The molecule has 0 fully saturated rings. The first-order valence-electron chi connectivity index (χ1n) is 6.91. The van der Waals surface area contributed by atoms with Gasteiger partial charge in [-0.1, -0.05) is 17.7 Å². The van der Waals surface area contributed by atoms with Crippen LogP contribution in [0.25, 0.3) is 0 Å². The number of hydrogen-bond acceptors (Lipinski definition) is 2. The molecule has 2 N–H and O–H groups in total. The van der Waals surface area contributed by atoms with Gasteiger partial charge in [0.1, 0.15) is 0 Å². The van der Waals surface area contributed by atoms with Gasteiger partial charge in [0.15, 0.2) is 0 Å². The van der Waals surface area contributed by atoms with Crippen LogP contribution in [0.15, 0.2) is 42.5 Å². The Morgan fingerprint density at radius 1 is 1.18 bits per heavy atom. The monoisotopic (exact) mass is 314 g/mol. The third kappa shape index (κ3) is 2.46. The van der Waals surface area contributed by atoms with Crippen molar-refractivity contribution in [3.63, 3.8) is 0 Å². The van der Waals surface area contributed by atoms with Gasteiger partial charge in [0, 0.05) is 22.0 Å². The Labute approximate surface area is 133 Å². The van der Waals surface area contributed by atoms with E-state index >= 15 is 0 Å². The second-order valence-electron chi connectivity index (χ2n) is 5.80. The van der Waals surface area contributed by atoms with Crippen LogP contribution in [0.1, 0.15) is 29.8 Å². The smallest absolute Gasteiger partial charge is 0.255 e. The number of halogens is 1. The van der Waals surface area contributed by atoms with Gasteiger partial charge in [-0.3, -0.25) is 9.59 Å². The van der Waals surface area contributed by atoms with E-state index in [9.17, 15) is 9.59 Å². The normalized spacial score (nSPS) is 15.1. The molecule has 1 heterocycles. The van der Waals surface area contributed by atoms with Crippen molar-refractivity contribution in [3.05, 3.63) is 58.6 Å². The lowest BCUT2D eigenvalue weighted by molar-refractivity contribution is -0.119. The fourth-order valence-corrected chi connectivity index (χ4v) is 2.67. The Hall–Kier alpha value is -2.33. The van der Waals surface area contributed by atoms with Crippen molar-refractivity contribution < 1.29 is 9.59 Å². The third-order valence-corrected chi connectivity index (χ3v) is 4.09. The second kappa shape index (κ2) is 5.14. The van der Waals surface area contributed by atoms with Crippen molar-refractivity contribution in [2.75, 3.05) is 10.6 Å². The van der Waals surface area contributed by atoms with Gasteiger partial charge in [0.05, 0.1) is 5.41 Å². The van der Waals surface area contributed by atoms with Gasteiger partial charge in [-0.05, 0) is 55.8 Å². The summed E-state index contributed by atoms with van der Waals surface area (Å²) in [4.78, 5) is 24.2. The van der Waals surface area contributed by atoms with Crippen LogP contribution >= 0.6 is 11.6 Å². The first-order chi connectivity index (χ1) is 10.4. The van der Waals surface area contributed by atoms with Gasteiger partial charge in [0.2, 0.25) is 5.91 Å². The van der Waals surface area contributed by atoms with Crippen LogP contribution in [0, 0.1) is 0 Å². The highest BCUT2D eigenvalue weighted by molar-refractivity contribution is 6.31. The average Bonchev–Trinajstić information content (AvgIpc) is 2.70. The van der Waals surface area contributed by atoms with Crippen molar-refractivity contribution in [2.24, 2.45) is 0 Å². The minimum absolute atomic E-state index is 0.0409. The Balaban J connectivity index is 1.87.